The molecule has 0 aliphatic carbocycles. The highest BCUT2D eigenvalue weighted by atomic mass is 16.5. The van der Waals surface area contributed by atoms with Crippen molar-refractivity contribution in [2.75, 3.05) is 26.2 Å². The Hall–Kier alpha value is -1.55. The summed E-state index contributed by atoms with van der Waals surface area (Å²) in [5.74, 6) is 1.77. The molecule has 2 N–H and O–H groups in total. The van der Waals surface area contributed by atoms with Gasteiger partial charge in [-0.25, -0.2) is 0 Å². The molecule has 116 valence electrons. The van der Waals surface area contributed by atoms with Gasteiger partial charge in [-0.3, -0.25) is 4.79 Å². The van der Waals surface area contributed by atoms with E-state index in [-0.39, 0.29) is 12.5 Å². The SMILES string of the molecule is CC[C@@H](C)c1ccccc1OCC(=O)N1CC[C@@H](CN)C1. The summed E-state index contributed by atoms with van der Waals surface area (Å²) in [7, 11) is 0. The van der Waals surface area contributed by atoms with Gasteiger partial charge in [0, 0.05) is 13.1 Å². The number of carbonyl (C=O) groups excluding carboxylic acids is 1. The topological polar surface area (TPSA) is 55.6 Å². The number of para-hydroxylation sites is 1. The zero-order chi connectivity index (χ0) is 15.2. The lowest BCUT2D eigenvalue weighted by molar-refractivity contribution is -0.132. The summed E-state index contributed by atoms with van der Waals surface area (Å²) in [6, 6.07) is 7.99. The number of nitrogens with two attached hydrogens (primary N) is 1. The monoisotopic (exact) mass is 290 g/mol. The molecule has 1 aromatic rings. The predicted octanol–water partition coefficient (Wildman–Crippen LogP) is 2.39. The second kappa shape index (κ2) is 7.46. The molecule has 2 atom stereocenters. The lowest BCUT2D eigenvalue weighted by Crippen LogP contribution is -2.33. The zero-order valence-electron chi connectivity index (χ0n) is 13.0. The van der Waals surface area contributed by atoms with Gasteiger partial charge in [-0.15, -0.1) is 0 Å². The molecular weight excluding hydrogens is 264 g/mol. The minimum atomic E-state index is 0.0601. The number of rotatable bonds is 6. The number of likely N-dealkylation sites (tertiary alicyclic amines) is 1. The predicted molar refractivity (Wildman–Crippen MR) is 84.4 cm³/mol. The van der Waals surface area contributed by atoms with Gasteiger partial charge in [0.2, 0.25) is 0 Å². The van der Waals surface area contributed by atoms with E-state index in [9.17, 15) is 4.79 Å². The van der Waals surface area contributed by atoms with Gasteiger partial charge < -0.3 is 15.4 Å². The number of ether oxygens (including phenoxy) is 1. The van der Waals surface area contributed by atoms with Crippen LogP contribution in [0.2, 0.25) is 0 Å². The maximum atomic E-state index is 12.2. The standard InChI is InChI=1S/C17H26N2O2/c1-3-13(2)15-6-4-5-7-16(15)21-12-17(20)19-9-8-14(10-18)11-19/h4-7,13-14H,3,8-12,18H2,1-2H3/t13-,14+/m1/s1. The van der Waals surface area contributed by atoms with Gasteiger partial charge in [-0.2, -0.15) is 0 Å². The quantitative estimate of drug-likeness (QED) is 0.875. The van der Waals surface area contributed by atoms with Crippen LogP contribution in [-0.4, -0.2) is 37.0 Å². The van der Waals surface area contributed by atoms with E-state index in [0.29, 0.717) is 18.4 Å². The third-order valence-corrected chi connectivity index (χ3v) is 4.39. The van der Waals surface area contributed by atoms with E-state index in [1.807, 2.05) is 23.1 Å². The van der Waals surface area contributed by atoms with Crippen LogP contribution in [0.25, 0.3) is 0 Å². The largest absolute Gasteiger partial charge is 0.483 e. The number of amides is 1. The summed E-state index contributed by atoms with van der Waals surface area (Å²) in [6.45, 7) is 6.68. The van der Waals surface area contributed by atoms with E-state index < -0.39 is 0 Å². The fourth-order valence-corrected chi connectivity index (χ4v) is 2.72. The summed E-state index contributed by atoms with van der Waals surface area (Å²) in [4.78, 5) is 14.1. The average molecular weight is 290 g/mol. The van der Waals surface area contributed by atoms with Crippen LogP contribution in [0.3, 0.4) is 0 Å². The summed E-state index contributed by atoms with van der Waals surface area (Å²) >= 11 is 0. The zero-order valence-corrected chi connectivity index (χ0v) is 13.0. The van der Waals surface area contributed by atoms with Gasteiger partial charge in [0.25, 0.3) is 5.91 Å². The Morgan fingerprint density at radius 3 is 2.90 bits per heavy atom. The second-order valence-electron chi connectivity index (χ2n) is 5.87. The fourth-order valence-electron chi connectivity index (χ4n) is 2.72. The van der Waals surface area contributed by atoms with E-state index in [4.69, 9.17) is 10.5 Å². The van der Waals surface area contributed by atoms with Crippen LogP contribution < -0.4 is 10.5 Å². The first kappa shape index (κ1) is 15.8. The molecule has 1 heterocycles. The number of benzene rings is 1. The third-order valence-electron chi connectivity index (χ3n) is 4.39. The Morgan fingerprint density at radius 2 is 2.24 bits per heavy atom. The number of carbonyl (C=O) groups is 1. The maximum Gasteiger partial charge on any atom is 0.260 e. The van der Waals surface area contributed by atoms with Gasteiger partial charge in [0.1, 0.15) is 5.75 Å². The third kappa shape index (κ3) is 3.97. The van der Waals surface area contributed by atoms with Crippen molar-refractivity contribution in [2.24, 2.45) is 11.7 Å². The molecule has 1 aliphatic heterocycles. The van der Waals surface area contributed by atoms with Gasteiger partial charge in [-0.05, 0) is 42.9 Å². The van der Waals surface area contributed by atoms with Crippen molar-refractivity contribution in [3.05, 3.63) is 29.8 Å². The van der Waals surface area contributed by atoms with Crippen molar-refractivity contribution in [1.29, 1.82) is 0 Å². The molecule has 0 aromatic heterocycles. The lowest BCUT2D eigenvalue weighted by atomic mass is 9.98. The maximum absolute atomic E-state index is 12.2. The van der Waals surface area contributed by atoms with E-state index >= 15 is 0 Å². The van der Waals surface area contributed by atoms with E-state index in [2.05, 4.69) is 19.9 Å². The van der Waals surface area contributed by atoms with Crippen molar-refractivity contribution in [2.45, 2.75) is 32.6 Å². The van der Waals surface area contributed by atoms with Gasteiger partial charge in [0.05, 0.1) is 0 Å². The Labute approximate surface area is 127 Å². The molecular formula is C17H26N2O2. The Morgan fingerprint density at radius 1 is 1.48 bits per heavy atom. The average Bonchev–Trinajstić information content (AvgIpc) is 3.01. The summed E-state index contributed by atoms with van der Waals surface area (Å²) in [6.07, 6.45) is 2.06. The summed E-state index contributed by atoms with van der Waals surface area (Å²) in [5, 5.41) is 0. The van der Waals surface area contributed by atoms with Crippen molar-refractivity contribution in [3.8, 4) is 5.75 Å². The highest BCUT2D eigenvalue weighted by Gasteiger charge is 2.25. The molecule has 4 heteroatoms. The molecule has 21 heavy (non-hydrogen) atoms. The van der Waals surface area contributed by atoms with Gasteiger partial charge in [-0.1, -0.05) is 32.0 Å². The first-order valence-electron chi connectivity index (χ1n) is 7.85. The Kier molecular flexibility index (Phi) is 5.62. The van der Waals surface area contributed by atoms with Crippen LogP contribution in [0.5, 0.6) is 5.75 Å². The molecule has 1 saturated heterocycles. The fraction of sp³-hybridized carbons (Fsp3) is 0.588. The van der Waals surface area contributed by atoms with Crippen LogP contribution in [0.1, 0.15) is 38.2 Å². The summed E-state index contributed by atoms with van der Waals surface area (Å²) < 4.78 is 5.78. The first-order valence-corrected chi connectivity index (χ1v) is 7.85. The molecule has 0 unspecified atom stereocenters. The molecule has 1 amide bonds. The molecule has 0 radical (unpaired) electrons. The highest BCUT2D eigenvalue weighted by molar-refractivity contribution is 5.78. The first-order chi connectivity index (χ1) is 10.2. The second-order valence-corrected chi connectivity index (χ2v) is 5.87. The molecule has 4 nitrogen and oxygen atoms in total. The van der Waals surface area contributed by atoms with Crippen LogP contribution in [-0.2, 0) is 4.79 Å². The molecule has 0 spiro atoms. The number of nitrogens with zero attached hydrogens (tertiary/aromatic N) is 1. The number of hydrogen-bond donors (Lipinski definition) is 1. The van der Waals surface area contributed by atoms with Crippen molar-refractivity contribution >= 4 is 5.91 Å². The lowest BCUT2D eigenvalue weighted by Gasteiger charge is -2.19. The molecule has 1 aliphatic rings. The van der Waals surface area contributed by atoms with Crippen molar-refractivity contribution in [1.82, 2.24) is 4.90 Å². The van der Waals surface area contributed by atoms with Crippen LogP contribution in [0.4, 0.5) is 0 Å². The Bertz CT molecular complexity index is 476. The van der Waals surface area contributed by atoms with Gasteiger partial charge in [0.15, 0.2) is 6.61 Å². The van der Waals surface area contributed by atoms with Crippen LogP contribution in [0, 0.1) is 5.92 Å². The molecule has 0 bridgehead atoms. The Balaban J connectivity index is 1.93. The van der Waals surface area contributed by atoms with Crippen LogP contribution in [0.15, 0.2) is 24.3 Å². The minimum Gasteiger partial charge on any atom is -0.483 e. The molecule has 1 aromatic carbocycles. The van der Waals surface area contributed by atoms with E-state index in [1.165, 1.54) is 5.56 Å². The molecule has 1 fully saturated rings. The number of hydrogen-bond acceptors (Lipinski definition) is 3. The van der Waals surface area contributed by atoms with E-state index in [1.54, 1.807) is 0 Å². The van der Waals surface area contributed by atoms with E-state index in [0.717, 1.165) is 31.7 Å². The van der Waals surface area contributed by atoms with Crippen molar-refractivity contribution in [3.63, 3.8) is 0 Å². The normalized spacial score (nSPS) is 19.6. The minimum absolute atomic E-state index is 0.0601. The smallest absolute Gasteiger partial charge is 0.260 e. The highest BCUT2D eigenvalue weighted by Crippen LogP contribution is 2.28. The van der Waals surface area contributed by atoms with Crippen LogP contribution >= 0.6 is 0 Å². The van der Waals surface area contributed by atoms with Crippen molar-refractivity contribution < 1.29 is 9.53 Å². The molecule has 0 saturated carbocycles. The molecule has 2 rings (SSSR count). The summed E-state index contributed by atoms with van der Waals surface area (Å²) in [5.41, 5.74) is 6.84. The van der Waals surface area contributed by atoms with Gasteiger partial charge >= 0.3 is 0 Å².